The number of nitrogen functional groups attached to an aromatic ring is 1. The molecule has 2 N–H and O–H groups in total. The molecule has 2 saturated heterocycles. The molecule has 2 aliphatic heterocycles. The predicted octanol–water partition coefficient (Wildman–Crippen LogP) is 3.77. The number of piperidine rings is 2. The van der Waals surface area contributed by atoms with Crippen molar-refractivity contribution in [3.63, 3.8) is 0 Å². The molecule has 9 nitrogen and oxygen atoms in total. The Hall–Kier alpha value is -2.72. The lowest BCUT2D eigenvalue weighted by molar-refractivity contribution is -0.138. The summed E-state index contributed by atoms with van der Waals surface area (Å²) in [6.07, 6.45) is 11.5. The molecule has 192 valence electrons. The van der Waals surface area contributed by atoms with Crippen LogP contribution < -0.4 is 5.73 Å². The van der Waals surface area contributed by atoms with E-state index in [1.54, 1.807) is 12.4 Å². The topological polar surface area (TPSA) is 106 Å². The summed E-state index contributed by atoms with van der Waals surface area (Å²) < 4.78 is 2.34. The summed E-state index contributed by atoms with van der Waals surface area (Å²) in [4.78, 5) is 35.5. The van der Waals surface area contributed by atoms with Crippen molar-refractivity contribution in [1.29, 1.82) is 0 Å². The number of anilines is 1. The molecule has 0 bridgehead atoms. The van der Waals surface area contributed by atoms with E-state index in [1.807, 2.05) is 30.1 Å². The van der Waals surface area contributed by atoms with Gasteiger partial charge in [0.1, 0.15) is 5.52 Å². The van der Waals surface area contributed by atoms with Gasteiger partial charge in [0.15, 0.2) is 10.8 Å². The fraction of sp³-hybridized carbons (Fsp3) is 0.577. The maximum atomic E-state index is 13.3. The van der Waals surface area contributed by atoms with Gasteiger partial charge in [-0.1, -0.05) is 25.1 Å². The number of nitrogens with zero attached hydrogens (tertiary/aromatic N) is 7. The Morgan fingerprint density at radius 1 is 1.08 bits per heavy atom. The van der Waals surface area contributed by atoms with E-state index in [9.17, 15) is 4.79 Å². The van der Waals surface area contributed by atoms with Gasteiger partial charge < -0.3 is 15.2 Å². The molecule has 0 radical (unpaired) electrons. The number of hydrogen-bond donors (Lipinski definition) is 1. The summed E-state index contributed by atoms with van der Waals surface area (Å²) in [5, 5.41) is 1.07. The van der Waals surface area contributed by atoms with Gasteiger partial charge >= 0.3 is 0 Å². The van der Waals surface area contributed by atoms with Gasteiger partial charge in [-0.15, -0.1) is 0 Å². The van der Waals surface area contributed by atoms with E-state index >= 15 is 0 Å². The number of rotatable bonds is 8. The Morgan fingerprint density at radius 2 is 1.83 bits per heavy atom. The highest BCUT2D eigenvalue weighted by atomic mass is 32.2. The van der Waals surface area contributed by atoms with E-state index in [-0.39, 0.29) is 5.92 Å². The standard InChI is InChI=1S/C26H36N8OS/c1-2-3-15-36-26-31-22-5-4-10-28-23(22)34(26)21-8-13-33(14-9-21)24(35)20-6-11-32(12-7-20)18-19-16-29-25(27)30-17-19/h4-5,10,16-17,20-21H,2-3,6-9,11-15,18H2,1H3,(H2,27,29,30). The number of carbonyl (C=O) groups excluding carboxylic acids is 1. The van der Waals surface area contributed by atoms with Gasteiger partial charge in [-0.3, -0.25) is 9.69 Å². The quantitative estimate of drug-likeness (QED) is 0.362. The fourth-order valence-corrected chi connectivity index (χ4v) is 6.45. The smallest absolute Gasteiger partial charge is 0.225 e. The van der Waals surface area contributed by atoms with Crippen LogP contribution in [0.4, 0.5) is 5.95 Å². The van der Waals surface area contributed by atoms with Crippen LogP contribution in [0.3, 0.4) is 0 Å². The van der Waals surface area contributed by atoms with Gasteiger partial charge in [0.2, 0.25) is 11.9 Å². The van der Waals surface area contributed by atoms with E-state index in [0.717, 1.165) is 86.0 Å². The second-order valence-corrected chi connectivity index (χ2v) is 10.9. The SMILES string of the molecule is CCCCSc1nc2cccnc2n1C1CCN(C(=O)C2CCN(Cc3cnc(N)nc3)CC2)CC1. The number of likely N-dealkylation sites (tertiary alicyclic amines) is 2. The summed E-state index contributed by atoms with van der Waals surface area (Å²) in [6.45, 7) is 6.47. The van der Waals surface area contributed by atoms with Crippen LogP contribution in [-0.4, -0.2) is 72.1 Å². The molecule has 0 atom stereocenters. The zero-order valence-electron chi connectivity index (χ0n) is 21.1. The summed E-state index contributed by atoms with van der Waals surface area (Å²) in [5.41, 5.74) is 8.59. The van der Waals surface area contributed by atoms with Crippen molar-refractivity contribution < 1.29 is 4.79 Å². The minimum atomic E-state index is 0.122. The zero-order valence-corrected chi connectivity index (χ0v) is 21.9. The van der Waals surface area contributed by atoms with E-state index < -0.39 is 0 Å². The molecule has 1 amide bonds. The number of thioether (sulfide) groups is 1. The molecular formula is C26H36N8OS. The number of unbranched alkanes of at least 4 members (excludes halogenated alkanes) is 1. The zero-order chi connectivity index (χ0) is 24.9. The molecular weight excluding hydrogens is 472 g/mol. The predicted molar refractivity (Wildman–Crippen MR) is 142 cm³/mol. The molecule has 3 aromatic rings. The molecule has 10 heteroatoms. The average Bonchev–Trinajstić information content (AvgIpc) is 3.28. The van der Waals surface area contributed by atoms with Crippen LogP contribution in [-0.2, 0) is 11.3 Å². The van der Waals surface area contributed by atoms with Gasteiger partial charge in [-0.25, -0.2) is 19.9 Å². The number of imidazole rings is 1. The Morgan fingerprint density at radius 3 is 2.56 bits per heavy atom. The second kappa shape index (κ2) is 11.6. The number of aromatic nitrogens is 5. The second-order valence-electron chi connectivity index (χ2n) is 9.87. The number of nitrogens with two attached hydrogens (primary N) is 1. The largest absolute Gasteiger partial charge is 0.368 e. The van der Waals surface area contributed by atoms with Crippen LogP contribution >= 0.6 is 11.8 Å². The van der Waals surface area contributed by atoms with Crippen LogP contribution in [0.1, 0.15) is 57.1 Å². The van der Waals surface area contributed by atoms with Gasteiger partial charge in [0.25, 0.3) is 0 Å². The molecule has 2 fully saturated rings. The van der Waals surface area contributed by atoms with Crippen molar-refractivity contribution >= 4 is 34.8 Å². The normalized spacial score (nSPS) is 18.2. The van der Waals surface area contributed by atoms with Crippen molar-refractivity contribution in [3.8, 4) is 0 Å². The Bertz CT molecular complexity index is 1150. The van der Waals surface area contributed by atoms with Crippen molar-refractivity contribution in [2.75, 3.05) is 37.7 Å². The van der Waals surface area contributed by atoms with Gasteiger partial charge in [-0.2, -0.15) is 0 Å². The van der Waals surface area contributed by atoms with Crippen molar-refractivity contribution in [2.45, 2.75) is 63.2 Å². The molecule has 2 aliphatic rings. The lowest BCUT2D eigenvalue weighted by Gasteiger charge is -2.37. The fourth-order valence-electron chi connectivity index (χ4n) is 5.29. The van der Waals surface area contributed by atoms with Crippen molar-refractivity contribution in [2.24, 2.45) is 5.92 Å². The number of pyridine rings is 1. The highest BCUT2D eigenvalue weighted by Gasteiger charge is 2.32. The van der Waals surface area contributed by atoms with Crippen molar-refractivity contribution in [1.82, 2.24) is 34.3 Å². The lowest BCUT2D eigenvalue weighted by atomic mass is 9.93. The summed E-state index contributed by atoms with van der Waals surface area (Å²) in [7, 11) is 0. The first kappa shape index (κ1) is 25.0. The summed E-state index contributed by atoms with van der Waals surface area (Å²) >= 11 is 1.83. The Labute approximate surface area is 216 Å². The third-order valence-corrected chi connectivity index (χ3v) is 8.39. The van der Waals surface area contributed by atoms with Gasteiger partial charge in [0.05, 0.1) is 0 Å². The minimum absolute atomic E-state index is 0.122. The Kier molecular flexibility index (Phi) is 8.01. The summed E-state index contributed by atoms with van der Waals surface area (Å²) in [5.74, 6) is 1.82. The molecule has 5 rings (SSSR count). The van der Waals surface area contributed by atoms with E-state index in [2.05, 4.69) is 36.2 Å². The van der Waals surface area contributed by atoms with Crippen LogP contribution in [0.25, 0.3) is 11.2 Å². The monoisotopic (exact) mass is 508 g/mol. The number of fused-ring (bicyclic) bond motifs is 1. The molecule has 0 spiro atoms. The minimum Gasteiger partial charge on any atom is -0.368 e. The van der Waals surface area contributed by atoms with Crippen LogP contribution in [0.15, 0.2) is 35.9 Å². The lowest BCUT2D eigenvalue weighted by Crippen LogP contribution is -2.45. The molecule has 5 heterocycles. The number of carbonyl (C=O) groups is 1. The molecule has 3 aromatic heterocycles. The highest BCUT2D eigenvalue weighted by Crippen LogP contribution is 2.33. The first-order valence-electron chi connectivity index (χ1n) is 13.2. The van der Waals surface area contributed by atoms with E-state index in [1.165, 1.54) is 12.8 Å². The average molecular weight is 509 g/mol. The van der Waals surface area contributed by atoms with Crippen LogP contribution in [0.2, 0.25) is 0 Å². The maximum absolute atomic E-state index is 13.3. The molecule has 0 aliphatic carbocycles. The van der Waals surface area contributed by atoms with Crippen LogP contribution in [0, 0.1) is 5.92 Å². The first-order valence-corrected chi connectivity index (χ1v) is 14.1. The van der Waals surface area contributed by atoms with Crippen molar-refractivity contribution in [3.05, 3.63) is 36.3 Å². The molecule has 0 unspecified atom stereocenters. The van der Waals surface area contributed by atoms with Gasteiger partial charge in [0, 0.05) is 61.5 Å². The third-order valence-electron chi connectivity index (χ3n) is 7.36. The van der Waals surface area contributed by atoms with E-state index in [0.29, 0.717) is 17.9 Å². The summed E-state index contributed by atoms with van der Waals surface area (Å²) in [6, 6.07) is 4.34. The Balaban J connectivity index is 1.16. The van der Waals surface area contributed by atoms with Crippen LogP contribution in [0.5, 0.6) is 0 Å². The first-order chi connectivity index (χ1) is 17.6. The maximum Gasteiger partial charge on any atom is 0.225 e. The van der Waals surface area contributed by atoms with Gasteiger partial charge in [-0.05, 0) is 57.3 Å². The third kappa shape index (κ3) is 5.64. The number of amides is 1. The molecule has 0 saturated carbocycles. The highest BCUT2D eigenvalue weighted by molar-refractivity contribution is 7.99. The molecule has 0 aromatic carbocycles. The molecule has 36 heavy (non-hydrogen) atoms. The number of hydrogen-bond acceptors (Lipinski definition) is 8. The van der Waals surface area contributed by atoms with E-state index in [4.69, 9.17) is 10.7 Å².